The molecule has 0 heterocycles. The van der Waals surface area contributed by atoms with Gasteiger partial charge in [0.1, 0.15) is 0 Å². The van der Waals surface area contributed by atoms with Gasteiger partial charge in [-0.3, -0.25) is 0 Å². The standard InChI is InChI=1S/C19H40.C17H36.C15H32.C13H28.2C11H24.3C10H22.3C9H20/c1-10-17(16(3)14-19(7,8)9)12-11-15(2)13-18(4,5)6;1-3-5-7-9-11-13-15-17-16-14-12-10-8-6-4-2;1-3-5-7-9-11-13-15-14-12-10-8-6-4-2;1-3-5-7-9-11-13-12-10-8-6-4-2;1-5-7-11(4)9-6-8-10(2)3;1-3-5-7-9-11-10-8-6-4-2;1-6-7-9(2)8-10(3,4)5;1-4-7-9-10(6-3)8-5-2;1-3-5-7-9-10-8-6-4-2;1-6-8(2)7-9(3,4)5;1-4-7-9(6-3)8-5-2;1-3-5-7-9-8-6-4-2/h15-17H,10-14H2,1-9H3;3-17H2,1-2H3;3-15H2,1-2H3;3-13H2,1-2H3;10-11H,5-9H2,1-4H3;3-11H2,1-2H3;9H,6-8H2,1-5H3;10H,4-9H2,1-3H3;3-10H2,1-2H3;8H,6-7H2,1-5H3;9H,4-8H2,1-3H3;3-9H2,1-2H3. The summed E-state index contributed by atoms with van der Waals surface area (Å²) < 4.78 is 0. The number of rotatable bonds is 86. The molecule has 0 fully saturated rings. The maximum absolute atomic E-state index is 2.47. The van der Waals surface area contributed by atoms with Crippen molar-refractivity contribution in [2.24, 2.45) is 74.9 Å². The minimum Gasteiger partial charge on any atom is -0.0654 e. The first-order valence-corrected chi connectivity index (χ1v) is 68.2. The van der Waals surface area contributed by atoms with Crippen molar-refractivity contribution in [3.63, 3.8) is 0 Å². The van der Waals surface area contributed by atoms with Crippen LogP contribution in [0.4, 0.5) is 0 Å². The van der Waals surface area contributed by atoms with Gasteiger partial charge in [-0.05, 0) is 107 Å². The first kappa shape index (κ1) is 168. The van der Waals surface area contributed by atoms with Gasteiger partial charge in [0.15, 0.2) is 0 Å². The van der Waals surface area contributed by atoms with Gasteiger partial charge >= 0.3 is 0 Å². The molecule has 0 radical (unpaired) electrons. The van der Waals surface area contributed by atoms with Crippen LogP contribution in [0.1, 0.15) is 855 Å². The SMILES string of the molecule is CCC(C)CC(C)(C)C.CCC(CCC(C)CC(C)(C)C)C(C)CC(C)(C)C.CCCC(C)CC(C)(C)C.CCCC(C)CCCC(C)C.CCCC(CC)CCC.CCCCC(CC)CCC.CCCCCCCCC.CCCCCCCCCC.CCCCCCCCCCC.CCCCCCCCCCCCC.CCCCCCCCCCCCCCC.CCCCCCCCCCCCCCCCC. The van der Waals surface area contributed by atoms with Gasteiger partial charge in [-0.2, -0.15) is 0 Å². The van der Waals surface area contributed by atoms with Crippen molar-refractivity contribution in [3.8, 4) is 0 Å². The van der Waals surface area contributed by atoms with Crippen LogP contribution in [0.15, 0.2) is 0 Å². The highest BCUT2D eigenvalue weighted by Crippen LogP contribution is 2.36. The highest BCUT2D eigenvalue weighted by atomic mass is 14.3. The molecular weight excluding hydrogens is 1720 g/mol. The summed E-state index contributed by atoms with van der Waals surface area (Å²) in [6.45, 7) is 94.9. The van der Waals surface area contributed by atoms with Gasteiger partial charge in [0.25, 0.3) is 0 Å². The molecule has 0 aliphatic rings. The largest absolute Gasteiger partial charge is 0.0654 e. The van der Waals surface area contributed by atoms with E-state index >= 15 is 0 Å². The van der Waals surface area contributed by atoms with Crippen molar-refractivity contribution in [1.82, 2.24) is 0 Å². The molecule has 0 aliphatic heterocycles. The van der Waals surface area contributed by atoms with Crippen LogP contribution in [0, 0.1) is 74.9 Å². The average molecular weight is 2030 g/mol. The van der Waals surface area contributed by atoms with E-state index in [0.717, 1.165) is 53.3 Å². The summed E-state index contributed by atoms with van der Waals surface area (Å²) in [6.07, 6.45) is 127. The maximum Gasteiger partial charge on any atom is -0.0380 e. The van der Waals surface area contributed by atoms with Crippen LogP contribution in [0.3, 0.4) is 0 Å². The molecule has 0 nitrogen and oxygen atoms in total. The van der Waals surface area contributed by atoms with Crippen molar-refractivity contribution in [2.45, 2.75) is 855 Å². The van der Waals surface area contributed by atoms with E-state index in [1.807, 2.05) is 0 Å². The van der Waals surface area contributed by atoms with Gasteiger partial charge in [0.2, 0.25) is 0 Å². The zero-order valence-electron chi connectivity index (χ0n) is 111. The lowest BCUT2D eigenvalue weighted by atomic mass is 9.75. The molecule has 0 rings (SSSR count). The van der Waals surface area contributed by atoms with Crippen molar-refractivity contribution in [1.29, 1.82) is 0 Å². The van der Waals surface area contributed by atoms with E-state index in [1.54, 1.807) is 0 Å². The summed E-state index contributed by atoms with van der Waals surface area (Å²) in [5.41, 5.74) is 2.01. The lowest BCUT2D eigenvalue weighted by molar-refractivity contribution is 0.206. The summed E-state index contributed by atoms with van der Waals surface area (Å²) in [7, 11) is 0. The Hall–Kier alpha value is 0. The Bertz CT molecular complexity index is 1890. The van der Waals surface area contributed by atoms with Crippen molar-refractivity contribution >= 4 is 0 Å². The summed E-state index contributed by atoms with van der Waals surface area (Å²) >= 11 is 0. The molecule has 0 saturated heterocycles. The summed E-state index contributed by atoms with van der Waals surface area (Å²) in [6, 6.07) is 0. The molecule has 0 aromatic carbocycles. The Morgan fingerprint density at radius 2 is 0.308 bits per heavy atom. The molecule has 0 N–H and O–H groups in total. The molecule has 0 heteroatoms. The highest BCUT2D eigenvalue weighted by molar-refractivity contribution is 4.75. The van der Waals surface area contributed by atoms with E-state index in [0.29, 0.717) is 21.7 Å². The molecule has 7 unspecified atom stereocenters. The Labute approximate surface area is 924 Å². The predicted octanol–water partition coefficient (Wildman–Crippen LogP) is 56.9. The van der Waals surface area contributed by atoms with Crippen LogP contribution in [-0.2, 0) is 0 Å². The van der Waals surface area contributed by atoms with E-state index in [9.17, 15) is 0 Å². The molecule has 0 aromatic rings. The Morgan fingerprint density at radius 3 is 0.469 bits per heavy atom. The van der Waals surface area contributed by atoms with Crippen LogP contribution < -0.4 is 0 Å². The molecule has 143 heavy (non-hydrogen) atoms. The fourth-order valence-electron chi connectivity index (χ4n) is 20.7. The third-order valence-electron chi connectivity index (χ3n) is 29.6. The lowest BCUT2D eigenvalue weighted by Crippen LogP contribution is -2.19. The quantitative estimate of drug-likeness (QED) is 0.0533. The second kappa shape index (κ2) is 144. The molecular formula is C143H310. The van der Waals surface area contributed by atoms with Gasteiger partial charge in [-0.15, -0.1) is 0 Å². The van der Waals surface area contributed by atoms with E-state index in [2.05, 4.69) is 284 Å². The Morgan fingerprint density at radius 1 is 0.126 bits per heavy atom. The van der Waals surface area contributed by atoms with Crippen LogP contribution in [-0.4, -0.2) is 0 Å². The van der Waals surface area contributed by atoms with E-state index in [-0.39, 0.29) is 0 Å². The average Bonchev–Trinajstić information content (AvgIpc) is 0.893. The van der Waals surface area contributed by atoms with Gasteiger partial charge in [-0.25, -0.2) is 0 Å². The Balaban J connectivity index is -0.000000132. The third-order valence-corrected chi connectivity index (χ3v) is 29.6. The number of hydrogen-bond donors (Lipinski definition) is 0. The monoisotopic (exact) mass is 2030 g/mol. The zero-order valence-corrected chi connectivity index (χ0v) is 111. The van der Waals surface area contributed by atoms with E-state index < -0.39 is 0 Å². The zero-order chi connectivity index (χ0) is 111. The van der Waals surface area contributed by atoms with Crippen molar-refractivity contribution < 1.29 is 0 Å². The Kier molecular flexibility index (Phi) is 169. The van der Waals surface area contributed by atoms with Crippen molar-refractivity contribution in [2.75, 3.05) is 0 Å². The molecule has 0 spiro atoms. The highest BCUT2D eigenvalue weighted by Gasteiger charge is 2.24. The third kappa shape index (κ3) is 197. The fraction of sp³-hybridized carbons (Fsp3) is 1.00. The maximum atomic E-state index is 2.47. The van der Waals surface area contributed by atoms with Crippen LogP contribution in [0.5, 0.6) is 0 Å². The first-order chi connectivity index (χ1) is 68.2. The van der Waals surface area contributed by atoms with Crippen molar-refractivity contribution in [3.05, 3.63) is 0 Å². The smallest absolute Gasteiger partial charge is 0.0380 e. The molecule has 0 saturated carbocycles. The second-order valence-electron chi connectivity index (χ2n) is 52.6. The van der Waals surface area contributed by atoms with Gasteiger partial charge in [0.05, 0.1) is 0 Å². The summed E-state index contributed by atoms with van der Waals surface area (Å²) in [4.78, 5) is 0. The first-order valence-electron chi connectivity index (χ1n) is 68.2. The van der Waals surface area contributed by atoms with Gasteiger partial charge < -0.3 is 0 Å². The lowest BCUT2D eigenvalue weighted by Gasteiger charge is -2.30. The predicted molar refractivity (Wildman–Crippen MR) is 685 cm³/mol. The molecule has 0 aliphatic carbocycles. The minimum atomic E-state index is 0.476. The molecule has 0 bridgehead atoms. The molecule has 7 atom stereocenters. The van der Waals surface area contributed by atoms with Crippen LogP contribution in [0.25, 0.3) is 0 Å². The number of hydrogen-bond acceptors (Lipinski definition) is 0. The topological polar surface area (TPSA) is 0 Å². The summed E-state index contributed by atoms with van der Waals surface area (Å²) in [5.74, 6) is 8.34. The number of unbranched alkanes of at least 4 members (excludes halogenated alkanes) is 58. The summed E-state index contributed by atoms with van der Waals surface area (Å²) in [5, 5.41) is 0. The van der Waals surface area contributed by atoms with E-state index in [1.165, 1.54) is 571 Å². The molecule has 882 valence electrons. The fourth-order valence-corrected chi connectivity index (χ4v) is 20.7. The van der Waals surface area contributed by atoms with E-state index in [4.69, 9.17) is 0 Å². The van der Waals surface area contributed by atoms with Gasteiger partial charge in [0, 0.05) is 0 Å². The van der Waals surface area contributed by atoms with Crippen LogP contribution >= 0.6 is 0 Å². The van der Waals surface area contributed by atoms with Crippen LogP contribution in [0.2, 0.25) is 0 Å². The molecule has 0 amide bonds. The minimum absolute atomic E-state index is 0.476. The normalized spacial score (nSPS) is 12.7. The second-order valence-corrected chi connectivity index (χ2v) is 52.6. The van der Waals surface area contributed by atoms with Gasteiger partial charge in [-0.1, -0.05) is 823 Å². The molecule has 0 aromatic heterocycles.